The van der Waals surface area contributed by atoms with Crippen molar-refractivity contribution in [2.24, 2.45) is 0 Å². The van der Waals surface area contributed by atoms with E-state index in [9.17, 15) is 5.11 Å². The van der Waals surface area contributed by atoms with E-state index in [1.807, 2.05) is 18.2 Å². The summed E-state index contributed by atoms with van der Waals surface area (Å²) in [6.07, 6.45) is 0.276. The minimum absolute atomic E-state index is 0.464. The molecule has 0 amide bonds. The molecule has 2 unspecified atom stereocenters. The number of aliphatic hydroxyl groups is 1. The number of nitrogens with one attached hydrogen (secondary N) is 1. The smallest absolute Gasteiger partial charge is 0.152 e. The summed E-state index contributed by atoms with van der Waals surface area (Å²) in [6.45, 7) is 1.59. The van der Waals surface area contributed by atoms with Gasteiger partial charge >= 0.3 is 0 Å². The van der Waals surface area contributed by atoms with Crippen molar-refractivity contribution in [2.45, 2.75) is 18.1 Å². The van der Waals surface area contributed by atoms with Gasteiger partial charge in [-0.2, -0.15) is 0 Å². The van der Waals surface area contributed by atoms with Gasteiger partial charge in [0.25, 0.3) is 0 Å². The molecule has 1 spiro atoms. The summed E-state index contributed by atoms with van der Waals surface area (Å²) in [5, 5.41) is 13.6. The molecular weight excluding hydrogens is 206 g/mol. The molecule has 86 valence electrons. The predicted octanol–water partition coefficient (Wildman–Crippen LogP) is 0.853. The molecule has 3 rings (SSSR count). The highest BCUT2D eigenvalue weighted by atomic mass is 16.5. The standard InChI is InChI=1S/C12H15NO3/c1-15-8-2-3-10-9(6-8)11(14)12(16-10)4-5-13-7-12/h2-3,6,11,13-14H,4-5,7H2,1H3. The molecule has 0 aromatic heterocycles. The van der Waals surface area contributed by atoms with Crippen molar-refractivity contribution in [3.63, 3.8) is 0 Å². The first-order valence-corrected chi connectivity index (χ1v) is 5.51. The summed E-state index contributed by atoms with van der Waals surface area (Å²) >= 11 is 0. The maximum atomic E-state index is 10.3. The quantitative estimate of drug-likeness (QED) is 0.738. The Bertz CT molecular complexity index is 413. The van der Waals surface area contributed by atoms with E-state index in [0.29, 0.717) is 6.54 Å². The second kappa shape index (κ2) is 3.37. The van der Waals surface area contributed by atoms with Crippen molar-refractivity contribution in [3.05, 3.63) is 23.8 Å². The second-order valence-corrected chi connectivity index (χ2v) is 4.40. The molecule has 2 aliphatic rings. The summed E-state index contributed by atoms with van der Waals surface area (Å²) in [7, 11) is 1.62. The topological polar surface area (TPSA) is 50.7 Å². The van der Waals surface area contributed by atoms with Gasteiger partial charge in [-0.25, -0.2) is 0 Å². The third-order valence-electron chi connectivity index (χ3n) is 3.47. The molecule has 1 aromatic rings. The van der Waals surface area contributed by atoms with E-state index in [4.69, 9.17) is 9.47 Å². The molecular formula is C12H15NO3. The van der Waals surface area contributed by atoms with Gasteiger partial charge in [-0.05, 0) is 24.7 Å². The van der Waals surface area contributed by atoms with Crippen LogP contribution in [-0.2, 0) is 0 Å². The van der Waals surface area contributed by atoms with E-state index in [1.54, 1.807) is 7.11 Å². The first-order valence-electron chi connectivity index (χ1n) is 5.51. The minimum atomic E-state index is -0.562. The van der Waals surface area contributed by atoms with Crippen molar-refractivity contribution in [3.8, 4) is 11.5 Å². The number of methoxy groups -OCH3 is 1. The van der Waals surface area contributed by atoms with Gasteiger partial charge in [0, 0.05) is 18.5 Å². The Morgan fingerprint density at radius 2 is 2.44 bits per heavy atom. The highest BCUT2D eigenvalue weighted by molar-refractivity contribution is 5.46. The molecule has 0 saturated carbocycles. The number of ether oxygens (including phenoxy) is 2. The molecule has 1 fully saturated rings. The average molecular weight is 221 g/mol. The van der Waals surface area contributed by atoms with Gasteiger partial charge in [-0.15, -0.1) is 0 Å². The lowest BCUT2D eigenvalue weighted by Crippen LogP contribution is -2.40. The normalized spacial score (nSPS) is 31.5. The summed E-state index contributed by atoms with van der Waals surface area (Å²) in [5.74, 6) is 1.53. The zero-order chi connectivity index (χ0) is 11.2. The van der Waals surface area contributed by atoms with Crippen LogP contribution in [0.15, 0.2) is 18.2 Å². The lowest BCUT2D eigenvalue weighted by atomic mass is 9.93. The van der Waals surface area contributed by atoms with Gasteiger partial charge < -0.3 is 19.9 Å². The molecule has 16 heavy (non-hydrogen) atoms. The molecule has 0 aliphatic carbocycles. The molecule has 0 bridgehead atoms. The predicted molar refractivity (Wildman–Crippen MR) is 58.8 cm³/mol. The molecule has 2 heterocycles. The second-order valence-electron chi connectivity index (χ2n) is 4.40. The van der Waals surface area contributed by atoms with Crippen molar-refractivity contribution in [2.75, 3.05) is 20.2 Å². The third kappa shape index (κ3) is 1.23. The van der Waals surface area contributed by atoms with Gasteiger partial charge in [-0.1, -0.05) is 0 Å². The first kappa shape index (κ1) is 9.93. The maximum absolute atomic E-state index is 10.3. The molecule has 1 aromatic carbocycles. The first-order chi connectivity index (χ1) is 7.75. The Hall–Kier alpha value is -1.26. The van der Waals surface area contributed by atoms with E-state index in [1.165, 1.54) is 0 Å². The number of fused-ring (bicyclic) bond motifs is 1. The van der Waals surface area contributed by atoms with Crippen molar-refractivity contribution in [1.29, 1.82) is 0 Å². The average Bonchev–Trinajstić information content (AvgIpc) is 2.87. The highest BCUT2D eigenvalue weighted by Gasteiger charge is 2.49. The molecule has 2 N–H and O–H groups in total. The van der Waals surface area contributed by atoms with Crippen LogP contribution >= 0.6 is 0 Å². The minimum Gasteiger partial charge on any atom is -0.497 e. The fraction of sp³-hybridized carbons (Fsp3) is 0.500. The van der Waals surface area contributed by atoms with Crippen LogP contribution in [0.3, 0.4) is 0 Å². The monoisotopic (exact) mass is 221 g/mol. The van der Waals surface area contributed by atoms with E-state index >= 15 is 0 Å². The summed E-state index contributed by atoms with van der Waals surface area (Å²) in [4.78, 5) is 0. The maximum Gasteiger partial charge on any atom is 0.152 e. The Balaban J connectivity index is 2.00. The van der Waals surface area contributed by atoms with Crippen molar-refractivity contribution < 1.29 is 14.6 Å². The van der Waals surface area contributed by atoms with Crippen molar-refractivity contribution in [1.82, 2.24) is 5.32 Å². The van der Waals surface area contributed by atoms with Crippen molar-refractivity contribution >= 4 is 0 Å². The molecule has 0 radical (unpaired) electrons. The van der Waals surface area contributed by atoms with Crippen LogP contribution in [0.1, 0.15) is 18.1 Å². The Morgan fingerprint density at radius 1 is 1.56 bits per heavy atom. The molecule has 2 aliphatic heterocycles. The van der Waals surface area contributed by atoms with Gasteiger partial charge in [0.05, 0.1) is 7.11 Å². The highest BCUT2D eigenvalue weighted by Crippen LogP contribution is 2.47. The van der Waals surface area contributed by atoms with Crippen LogP contribution in [0.4, 0.5) is 0 Å². The number of hydrogen-bond donors (Lipinski definition) is 2. The summed E-state index contributed by atoms with van der Waals surface area (Å²) in [5.41, 5.74) is 0.373. The Kier molecular flexibility index (Phi) is 2.09. The van der Waals surface area contributed by atoms with Crippen LogP contribution in [0.2, 0.25) is 0 Å². The largest absolute Gasteiger partial charge is 0.497 e. The van der Waals surface area contributed by atoms with Gasteiger partial charge in [-0.3, -0.25) is 0 Å². The Morgan fingerprint density at radius 3 is 3.12 bits per heavy atom. The fourth-order valence-corrected chi connectivity index (χ4v) is 2.53. The number of rotatable bonds is 1. The Labute approximate surface area is 94.2 Å². The summed E-state index contributed by atoms with van der Waals surface area (Å²) < 4.78 is 11.1. The number of benzene rings is 1. The van der Waals surface area contributed by atoms with E-state index < -0.39 is 11.7 Å². The van der Waals surface area contributed by atoms with Gasteiger partial charge in [0.2, 0.25) is 0 Å². The molecule has 1 saturated heterocycles. The molecule has 4 nitrogen and oxygen atoms in total. The lowest BCUT2D eigenvalue weighted by Gasteiger charge is -2.25. The van der Waals surface area contributed by atoms with Gasteiger partial charge in [0.15, 0.2) is 5.60 Å². The molecule has 2 atom stereocenters. The van der Waals surface area contributed by atoms with Crippen LogP contribution < -0.4 is 14.8 Å². The number of hydrogen-bond acceptors (Lipinski definition) is 4. The zero-order valence-corrected chi connectivity index (χ0v) is 9.19. The SMILES string of the molecule is COc1ccc2c(c1)C(O)C1(CCNC1)O2. The summed E-state index contributed by atoms with van der Waals surface area (Å²) in [6, 6.07) is 5.57. The fourth-order valence-electron chi connectivity index (χ4n) is 2.53. The van der Waals surface area contributed by atoms with E-state index in [0.717, 1.165) is 30.0 Å². The van der Waals surface area contributed by atoms with Crippen LogP contribution in [-0.4, -0.2) is 30.9 Å². The zero-order valence-electron chi connectivity index (χ0n) is 9.19. The lowest BCUT2D eigenvalue weighted by molar-refractivity contribution is -0.0126. The van der Waals surface area contributed by atoms with Crippen LogP contribution in [0.5, 0.6) is 11.5 Å². The van der Waals surface area contributed by atoms with Crippen LogP contribution in [0, 0.1) is 0 Å². The molecule has 4 heteroatoms. The van der Waals surface area contributed by atoms with Gasteiger partial charge in [0.1, 0.15) is 17.6 Å². The van der Waals surface area contributed by atoms with E-state index in [-0.39, 0.29) is 0 Å². The third-order valence-corrected chi connectivity index (χ3v) is 3.47. The number of aliphatic hydroxyl groups excluding tert-OH is 1. The van der Waals surface area contributed by atoms with E-state index in [2.05, 4.69) is 5.32 Å². The van der Waals surface area contributed by atoms with Crippen LogP contribution in [0.25, 0.3) is 0 Å².